The largest absolute Gasteiger partial charge is 0.411 e. The molecule has 20 heavy (non-hydrogen) atoms. The molecule has 1 unspecified atom stereocenters. The number of hydrogen-bond acceptors (Lipinski definition) is 2. The van der Waals surface area contributed by atoms with Gasteiger partial charge in [0.1, 0.15) is 6.61 Å². The van der Waals surface area contributed by atoms with Crippen molar-refractivity contribution in [2.45, 2.75) is 77.4 Å². The van der Waals surface area contributed by atoms with E-state index in [0.29, 0.717) is 6.42 Å². The van der Waals surface area contributed by atoms with E-state index in [1.54, 1.807) is 0 Å². The summed E-state index contributed by atoms with van der Waals surface area (Å²) in [5.74, 6) is 0. The molecule has 0 radical (unpaired) electrons. The Morgan fingerprint density at radius 1 is 0.950 bits per heavy atom. The first-order valence-electron chi connectivity index (χ1n) is 7.87. The van der Waals surface area contributed by atoms with Crippen LogP contribution in [0.5, 0.6) is 0 Å². The predicted molar refractivity (Wildman–Crippen MR) is 76.9 cm³/mol. The normalized spacial score (nSPS) is 13.7. The molecule has 2 nitrogen and oxygen atoms in total. The van der Waals surface area contributed by atoms with Gasteiger partial charge in [0, 0.05) is 12.6 Å². The summed E-state index contributed by atoms with van der Waals surface area (Å²) in [7, 11) is 0. The van der Waals surface area contributed by atoms with Crippen LogP contribution in [0.2, 0.25) is 0 Å². The molecular formula is C15H30F3NO. The van der Waals surface area contributed by atoms with Crippen LogP contribution in [0.3, 0.4) is 0 Å². The molecule has 0 fully saturated rings. The molecule has 0 aliphatic rings. The quantitative estimate of drug-likeness (QED) is 0.498. The lowest BCUT2D eigenvalue weighted by Crippen LogP contribution is -2.31. The van der Waals surface area contributed by atoms with E-state index in [0.717, 1.165) is 25.8 Å². The zero-order valence-electron chi connectivity index (χ0n) is 12.9. The Bertz CT molecular complexity index is 210. The fourth-order valence-corrected chi connectivity index (χ4v) is 2.10. The van der Waals surface area contributed by atoms with Crippen LogP contribution in [0.25, 0.3) is 0 Å². The molecule has 0 spiro atoms. The SMILES string of the molecule is CCCCCCCC(CCOCC(F)(F)F)NCCC. The van der Waals surface area contributed by atoms with E-state index in [-0.39, 0.29) is 12.6 Å². The molecule has 0 aromatic heterocycles. The maximum absolute atomic E-state index is 12.0. The maximum Gasteiger partial charge on any atom is 0.411 e. The standard InChI is InChI=1S/C15H30F3NO/c1-3-5-6-7-8-9-14(19-11-4-2)10-12-20-13-15(16,17)18/h14,19H,3-13H2,1-2H3. The van der Waals surface area contributed by atoms with Gasteiger partial charge in [-0.15, -0.1) is 0 Å². The highest BCUT2D eigenvalue weighted by Crippen LogP contribution is 2.15. The van der Waals surface area contributed by atoms with Crippen LogP contribution in [0.4, 0.5) is 13.2 Å². The van der Waals surface area contributed by atoms with Crippen molar-refractivity contribution in [2.24, 2.45) is 0 Å². The first-order chi connectivity index (χ1) is 9.49. The van der Waals surface area contributed by atoms with Gasteiger partial charge in [-0.05, 0) is 25.8 Å². The minimum Gasteiger partial charge on any atom is -0.372 e. The number of unbranched alkanes of at least 4 members (excludes halogenated alkanes) is 4. The molecule has 0 aliphatic heterocycles. The van der Waals surface area contributed by atoms with Crippen LogP contribution >= 0.6 is 0 Å². The van der Waals surface area contributed by atoms with E-state index >= 15 is 0 Å². The Morgan fingerprint density at radius 3 is 2.25 bits per heavy atom. The van der Waals surface area contributed by atoms with Crippen molar-refractivity contribution in [3.05, 3.63) is 0 Å². The summed E-state index contributed by atoms with van der Waals surface area (Å²) in [6, 6.07) is 0.282. The average Bonchev–Trinajstić information content (AvgIpc) is 2.38. The van der Waals surface area contributed by atoms with Crippen molar-refractivity contribution in [3.8, 4) is 0 Å². The molecule has 122 valence electrons. The Balaban J connectivity index is 3.72. The van der Waals surface area contributed by atoms with Gasteiger partial charge in [-0.25, -0.2) is 0 Å². The Morgan fingerprint density at radius 2 is 1.65 bits per heavy atom. The minimum absolute atomic E-state index is 0.176. The van der Waals surface area contributed by atoms with Crippen molar-refractivity contribution in [3.63, 3.8) is 0 Å². The molecule has 0 bridgehead atoms. The summed E-state index contributed by atoms with van der Waals surface area (Å²) in [6.07, 6.45) is 4.60. The van der Waals surface area contributed by atoms with Gasteiger partial charge < -0.3 is 10.1 Å². The number of alkyl halides is 3. The van der Waals surface area contributed by atoms with Crippen LogP contribution in [-0.4, -0.2) is 32.0 Å². The first-order valence-corrected chi connectivity index (χ1v) is 7.87. The number of hydrogen-bond donors (Lipinski definition) is 1. The monoisotopic (exact) mass is 297 g/mol. The molecule has 0 saturated carbocycles. The third-order valence-corrected chi connectivity index (χ3v) is 3.22. The van der Waals surface area contributed by atoms with Gasteiger partial charge in [-0.3, -0.25) is 0 Å². The summed E-state index contributed by atoms with van der Waals surface area (Å²) in [5.41, 5.74) is 0. The highest BCUT2D eigenvalue weighted by molar-refractivity contribution is 4.67. The molecule has 0 saturated heterocycles. The van der Waals surface area contributed by atoms with E-state index < -0.39 is 12.8 Å². The molecule has 0 heterocycles. The van der Waals surface area contributed by atoms with Crippen molar-refractivity contribution in [2.75, 3.05) is 19.8 Å². The van der Waals surface area contributed by atoms with E-state index in [1.807, 2.05) is 0 Å². The zero-order valence-corrected chi connectivity index (χ0v) is 12.9. The second-order valence-electron chi connectivity index (χ2n) is 5.31. The summed E-state index contributed by atoms with van der Waals surface area (Å²) in [4.78, 5) is 0. The lowest BCUT2D eigenvalue weighted by Gasteiger charge is -2.18. The topological polar surface area (TPSA) is 21.3 Å². The minimum atomic E-state index is -4.22. The van der Waals surface area contributed by atoms with Gasteiger partial charge in [-0.1, -0.05) is 46.0 Å². The van der Waals surface area contributed by atoms with Gasteiger partial charge in [0.25, 0.3) is 0 Å². The smallest absolute Gasteiger partial charge is 0.372 e. The number of ether oxygens (including phenoxy) is 1. The highest BCUT2D eigenvalue weighted by Gasteiger charge is 2.27. The molecule has 0 aromatic carbocycles. The summed E-state index contributed by atoms with van der Waals surface area (Å²) < 4.78 is 40.6. The third-order valence-electron chi connectivity index (χ3n) is 3.22. The molecule has 1 N–H and O–H groups in total. The van der Waals surface area contributed by atoms with E-state index in [2.05, 4.69) is 23.9 Å². The zero-order chi connectivity index (χ0) is 15.3. The Labute approximate surface area is 121 Å². The molecule has 0 aliphatic carbocycles. The van der Waals surface area contributed by atoms with Gasteiger partial charge in [0.2, 0.25) is 0 Å². The van der Waals surface area contributed by atoms with Gasteiger partial charge in [0.05, 0.1) is 0 Å². The lowest BCUT2D eigenvalue weighted by atomic mass is 10.0. The highest BCUT2D eigenvalue weighted by atomic mass is 19.4. The van der Waals surface area contributed by atoms with Gasteiger partial charge >= 0.3 is 6.18 Å². The van der Waals surface area contributed by atoms with Crippen LogP contribution in [0, 0.1) is 0 Å². The van der Waals surface area contributed by atoms with Crippen LogP contribution < -0.4 is 5.32 Å². The molecule has 0 amide bonds. The second-order valence-corrected chi connectivity index (χ2v) is 5.31. The van der Waals surface area contributed by atoms with Crippen LogP contribution in [-0.2, 0) is 4.74 Å². The van der Waals surface area contributed by atoms with E-state index in [4.69, 9.17) is 0 Å². The molecule has 0 aromatic rings. The van der Waals surface area contributed by atoms with Gasteiger partial charge in [0.15, 0.2) is 0 Å². The maximum atomic E-state index is 12.0. The fraction of sp³-hybridized carbons (Fsp3) is 1.00. The Hall–Kier alpha value is -0.290. The summed E-state index contributed by atoms with van der Waals surface area (Å²) in [5, 5.41) is 3.40. The van der Waals surface area contributed by atoms with E-state index in [9.17, 15) is 13.2 Å². The Kier molecular flexibility index (Phi) is 12.3. The number of nitrogens with one attached hydrogen (secondary N) is 1. The molecule has 0 rings (SSSR count). The fourth-order valence-electron chi connectivity index (χ4n) is 2.10. The van der Waals surface area contributed by atoms with Gasteiger partial charge in [-0.2, -0.15) is 13.2 Å². The first kappa shape index (κ1) is 19.7. The summed E-state index contributed by atoms with van der Waals surface area (Å²) in [6.45, 7) is 4.23. The number of halogens is 3. The number of rotatable bonds is 13. The molecule has 1 atom stereocenters. The predicted octanol–water partition coefficient (Wildman–Crippen LogP) is 4.68. The van der Waals surface area contributed by atoms with E-state index in [1.165, 1.54) is 25.7 Å². The van der Waals surface area contributed by atoms with Crippen LogP contribution in [0.15, 0.2) is 0 Å². The van der Waals surface area contributed by atoms with Crippen LogP contribution in [0.1, 0.15) is 65.2 Å². The van der Waals surface area contributed by atoms with Crippen molar-refractivity contribution in [1.82, 2.24) is 5.32 Å². The van der Waals surface area contributed by atoms with Crippen molar-refractivity contribution >= 4 is 0 Å². The average molecular weight is 297 g/mol. The summed E-state index contributed by atoms with van der Waals surface area (Å²) >= 11 is 0. The molecule has 5 heteroatoms. The van der Waals surface area contributed by atoms with Crippen molar-refractivity contribution in [1.29, 1.82) is 0 Å². The second kappa shape index (κ2) is 12.5. The lowest BCUT2D eigenvalue weighted by molar-refractivity contribution is -0.174. The molecular weight excluding hydrogens is 267 g/mol. The van der Waals surface area contributed by atoms with Crippen molar-refractivity contribution < 1.29 is 17.9 Å². The third kappa shape index (κ3) is 14.1.